The van der Waals surface area contributed by atoms with Gasteiger partial charge in [-0.05, 0) is 54.3 Å². The zero-order valence-corrected chi connectivity index (χ0v) is 11.1. The van der Waals surface area contributed by atoms with Crippen molar-refractivity contribution in [1.29, 1.82) is 5.26 Å². The lowest BCUT2D eigenvalue weighted by atomic mass is 10.1. The van der Waals surface area contributed by atoms with Gasteiger partial charge in [0.15, 0.2) is 0 Å². The summed E-state index contributed by atoms with van der Waals surface area (Å²) in [5.74, 6) is -0.403. The van der Waals surface area contributed by atoms with Crippen LogP contribution in [0.5, 0.6) is 0 Å². The number of benzene rings is 1. The van der Waals surface area contributed by atoms with Crippen LogP contribution in [0, 0.1) is 17.1 Å². The third-order valence-electron chi connectivity index (χ3n) is 2.86. The van der Waals surface area contributed by atoms with Gasteiger partial charge in [0.1, 0.15) is 5.82 Å². The summed E-state index contributed by atoms with van der Waals surface area (Å²) in [6.45, 7) is 0.920. The number of hydrogen-bond donors (Lipinski definition) is 0. The topological polar surface area (TPSA) is 45.9 Å². The van der Waals surface area contributed by atoms with Gasteiger partial charge in [-0.3, -0.25) is 4.98 Å². The van der Waals surface area contributed by atoms with Crippen molar-refractivity contribution in [3.63, 3.8) is 0 Å². The van der Waals surface area contributed by atoms with E-state index in [1.54, 1.807) is 18.5 Å². The van der Waals surface area contributed by atoms with Crippen molar-refractivity contribution in [1.82, 2.24) is 4.98 Å². The number of ether oxygens (including phenoxy) is 1. The van der Waals surface area contributed by atoms with Gasteiger partial charge in [-0.2, -0.15) is 5.26 Å². The summed E-state index contributed by atoms with van der Waals surface area (Å²) in [6, 6.07) is 10.1. The van der Waals surface area contributed by atoms with Crippen LogP contribution >= 0.6 is 0 Å². The first kappa shape index (κ1) is 14.2. The maximum absolute atomic E-state index is 13.2. The highest BCUT2D eigenvalue weighted by Gasteiger charge is 2.01. The van der Waals surface area contributed by atoms with E-state index in [-0.39, 0.29) is 0 Å². The molecule has 1 aromatic carbocycles. The third-order valence-corrected chi connectivity index (χ3v) is 2.86. The highest BCUT2D eigenvalue weighted by atomic mass is 19.1. The third kappa shape index (κ3) is 4.45. The van der Waals surface area contributed by atoms with Gasteiger partial charge in [0.05, 0.1) is 18.2 Å². The molecule has 1 heterocycles. The lowest BCUT2D eigenvalue weighted by Crippen LogP contribution is -1.98. The Balaban J connectivity index is 1.74. The molecule has 0 aliphatic carbocycles. The van der Waals surface area contributed by atoms with Gasteiger partial charge in [-0.15, -0.1) is 0 Å². The molecule has 0 aliphatic heterocycles. The standard InChI is InChI=1S/C16H15FN2O/c17-16-9-14(11-18)8-15(10-16)12-20-7-1-2-13-3-5-19-6-4-13/h3-6,8-10H,1-2,7,12H2. The van der Waals surface area contributed by atoms with Crippen molar-refractivity contribution < 1.29 is 9.13 Å². The van der Waals surface area contributed by atoms with Crippen molar-refractivity contribution >= 4 is 0 Å². The van der Waals surface area contributed by atoms with Crippen LogP contribution in [-0.2, 0) is 17.8 Å². The number of aromatic nitrogens is 1. The summed E-state index contributed by atoms with van der Waals surface area (Å²) in [4.78, 5) is 3.96. The Bertz CT molecular complexity index is 593. The fourth-order valence-electron chi connectivity index (χ4n) is 1.92. The Morgan fingerprint density at radius 1 is 1.15 bits per heavy atom. The maximum atomic E-state index is 13.2. The molecule has 0 unspecified atom stereocenters. The minimum absolute atomic E-state index is 0.320. The fourth-order valence-corrected chi connectivity index (χ4v) is 1.92. The Labute approximate surface area is 117 Å². The Morgan fingerprint density at radius 2 is 1.95 bits per heavy atom. The molecule has 0 amide bonds. The molecular weight excluding hydrogens is 255 g/mol. The Morgan fingerprint density at radius 3 is 2.70 bits per heavy atom. The minimum atomic E-state index is -0.403. The Kier molecular flexibility index (Phi) is 5.22. The van der Waals surface area contributed by atoms with Crippen LogP contribution in [0.2, 0.25) is 0 Å². The number of hydrogen-bond acceptors (Lipinski definition) is 3. The van der Waals surface area contributed by atoms with E-state index in [4.69, 9.17) is 10.00 Å². The van der Waals surface area contributed by atoms with E-state index >= 15 is 0 Å². The van der Waals surface area contributed by atoms with Crippen molar-refractivity contribution in [3.8, 4) is 6.07 Å². The molecule has 0 aliphatic rings. The molecule has 102 valence electrons. The van der Waals surface area contributed by atoms with Crippen LogP contribution in [0.25, 0.3) is 0 Å². The van der Waals surface area contributed by atoms with Gasteiger partial charge in [0.25, 0.3) is 0 Å². The smallest absolute Gasteiger partial charge is 0.124 e. The molecule has 0 saturated heterocycles. The average Bonchev–Trinajstić information content (AvgIpc) is 2.47. The lowest BCUT2D eigenvalue weighted by molar-refractivity contribution is 0.118. The first-order valence-electron chi connectivity index (χ1n) is 6.44. The fraction of sp³-hybridized carbons (Fsp3) is 0.250. The maximum Gasteiger partial charge on any atom is 0.124 e. The van der Waals surface area contributed by atoms with Gasteiger partial charge in [0.2, 0.25) is 0 Å². The van der Waals surface area contributed by atoms with Gasteiger partial charge in [-0.1, -0.05) is 0 Å². The van der Waals surface area contributed by atoms with Crippen LogP contribution in [0.3, 0.4) is 0 Å². The first-order valence-corrected chi connectivity index (χ1v) is 6.44. The van der Waals surface area contributed by atoms with Crippen molar-refractivity contribution in [2.75, 3.05) is 6.61 Å². The van der Waals surface area contributed by atoms with E-state index in [0.29, 0.717) is 24.3 Å². The summed E-state index contributed by atoms with van der Waals surface area (Å²) in [5, 5.41) is 8.76. The SMILES string of the molecule is N#Cc1cc(F)cc(COCCCc2ccncc2)c1. The summed E-state index contributed by atoms with van der Waals surface area (Å²) in [7, 11) is 0. The molecule has 3 nitrogen and oxygen atoms in total. The molecule has 20 heavy (non-hydrogen) atoms. The predicted molar refractivity (Wildman–Crippen MR) is 73.3 cm³/mol. The highest BCUT2D eigenvalue weighted by Crippen LogP contribution is 2.10. The second kappa shape index (κ2) is 7.37. The van der Waals surface area contributed by atoms with E-state index in [9.17, 15) is 4.39 Å². The minimum Gasteiger partial charge on any atom is -0.377 e. The quantitative estimate of drug-likeness (QED) is 0.757. The van der Waals surface area contributed by atoms with E-state index in [0.717, 1.165) is 12.8 Å². The molecule has 0 fully saturated rings. The number of pyridine rings is 1. The summed E-state index contributed by atoms with van der Waals surface area (Å²) in [5.41, 5.74) is 2.23. The summed E-state index contributed by atoms with van der Waals surface area (Å²) < 4.78 is 18.7. The molecule has 4 heteroatoms. The summed E-state index contributed by atoms with van der Waals surface area (Å²) >= 11 is 0. The summed E-state index contributed by atoms with van der Waals surface area (Å²) in [6.07, 6.45) is 5.36. The Hall–Kier alpha value is -2.25. The molecule has 0 spiro atoms. The van der Waals surface area contributed by atoms with Crippen LogP contribution in [-0.4, -0.2) is 11.6 Å². The normalized spacial score (nSPS) is 10.2. The number of halogens is 1. The number of aryl methyl sites for hydroxylation is 1. The zero-order chi connectivity index (χ0) is 14.2. The molecule has 1 aromatic heterocycles. The number of rotatable bonds is 6. The molecule has 0 N–H and O–H groups in total. The van der Waals surface area contributed by atoms with Crippen LogP contribution in [0.15, 0.2) is 42.7 Å². The molecule has 2 rings (SSSR count). The van der Waals surface area contributed by atoms with Crippen molar-refractivity contribution in [2.45, 2.75) is 19.4 Å². The van der Waals surface area contributed by atoms with E-state index in [1.807, 2.05) is 18.2 Å². The zero-order valence-electron chi connectivity index (χ0n) is 11.1. The van der Waals surface area contributed by atoms with Gasteiger partial charge in [0, 0.05) is 19.0 Å². The number of nitriles is 1. The van der Waals surface area contributed by atoms with Crippen molar-refractivity contribution in [3.05, 3.63) is 65.2 Å². The lowest BCUT2D eigenvalue weighted by Gasteiger charge is -2.05. The molecule has 0 radical (unpaired) electrons. The van der Waals surface area contributed by atoms with E-state index in [2.05, 4.69) is 4.98 Å². The largest absolute Gasteiger partial charge is 0.377 e. The van der Waals surface area contributed by atoms with Gasteiger partial charge < -0.3 is 4.74 Å². The van der Waals surface area contributed by atoms with Crippen LogP contribution < -0.4 is 0 Å². The molecule has 0 bridgehead atoms. The van der Waals surface area contributed by atoms with Gasteiger partial charge >= 0.3 is 0 Å². The molecule has 0 atom stereocenters. The molecular formula is C16H15FN2O. The van der Waals surface area contributed by atoms with E-state index in [1.165, 1.54) is 17.7 Å². The first-order chi connectivity index (χ1) is 9.78. The number of nitrogens with zero attached hydrogens (tertiary/aromatic N) is 2. The molecule has 2 aromatic rings. The van der Waals surface area contributed by atoms with Crippen LogP contribution in [0.1, 0.15) is 23.1 Å². The van der Waals surface area contributed by atoms with Gasteiger partial charge in [-0.25, -0.2) is 4.39 Å². The second-order valence-corrected chi connectivity index (χ2v) is 4.47. The highest BCUT2D eigenvalue weighted by molar-refractivity contribution is 5.33. The average molecular weight is 270 g/mol. The second-order valence-electron chi connectivity index (χ2n) is 4.47. The molecule has 0 saturated carbocycles. The predicted octanol–water partition coefficient (Wildman–Crippen LogP) is 3.24. The monoisotopic (exact) mass is 270 g/mol. The van der Waals surface area contributed by atoms with Crippen molar-refractivity contribution in [2.24, 2.45) is 0 Å². The van der Waals surface area contributed by atoms with Crippen LogP contribution in [0.4, 0.5) is 4.39 Å². The van der Waals surface area contributed by atoms with E-state index < -0.39 is 5.82 Å².